The van der Waals surface area contributed by atoms with Crippen LogP contribution >= 0.6 is 27.3 Å². The van der Waals surface area contributed by atoms with Gasteiger partial charge in [0, 0.05) is 32.5 Å². The number of pyridine rings is 1. The first-order valence-corrected chi connectivity index (χ1v) is 8.22. The average molecular weight is 365 g/mol. The minimum atomic E-state index is -0.187. The van der Waals surface area contributed by atoms with Gasteiger partial charge in [0.2, 0.25) is 0 Å². The van der Waals surface area contributed by atoms with Crippen molar-refractivity contribution in [3.05, 3.63) is 63.5 Å². The minimum Gasteiger partial charge on any atom is -0.312 e. The zero-order valence-corrected chi connectivity index (χ0v) is 13.8. The Morgan fingerprint density at radius 2 is 2.14 bits per heavy atom. The van der Waals surface area contributed by atoms with E-state index in [1.54, 1.807) is 23.6 Å². The van der Waals surface area contributed by atoms with Crippen molar-refractivity contribution in [1.82, 2.24) is 10.3 Å². The molecule has 0 spiro atoms. The first-order chi connectivity index (χ1) is 10.2. The van der Waals surface area contributed by atoms with E-state index >= 15 is 0 Å². The third kappa shape index (κ3) is 3.31. The molecule has 3 rings (SSSR count). The van der Waals surface area contributed by atoms with Gasteiger partial charge in [-0.15, -0.1) is 11.3 Å². The number of thiophene rings is 1. The second kappa shape index (κ2) is 6.22. The Kier molecular flexibility index (Phi) is 4.33. The van der Waals surface area contributed by atoms with Crippen molar-refractivity contribution in [3.8, 4) is 0 Å². The molecule has 0 aliphatic heterocycles. The summed E-state index contributed by atoms with van der Waals surface area (Å²) in [5.74, 6) is -0.187. The average Bonchev–Trinajstić information content (AvgIpc) is 2.87. The van der Waals surface area contributed by atoms with Crippen molar-refractivity contribution in [2.24, 2.45) is 0 Å². The van der Waals surface area contributed by atoms with Gasteiger partial charge in [0.25, 0.3) is 0 Å². The van der Waals surface area contributed by atoms with E-state index in [9.17, 15) is 4.39 Å². The van der Waals surface area contributed by atoms with Crippen molar-refractivity contribution in [2.45, 2.75) is 12.5 Å². The number of nitrogens with one attached hydrogen (secondary N) is 1. The molecule has 0 saturated heterocycles. The highest BCUT2D eigenvalue weighted by Gasteiger charge is 2.14. The second-order valence-corrected chi connectivity index (χ2v) is 6.92. The molecule has 2 heterocycles. The Bertz CT molecular complexity index is 772. The molecule has 1 aromatic carbocycles. The summed E-state index contributed by atoms with van der Waals surface area (Å²) in [6.07, 6.45) is 4.50. The van der Waals surface area contributed by atoms with Crippen LogP contribution in [0.1, 0.15) is 16.5 Å². The lowest BCUT2D eigenvalue weighted by atomic mass is 10.1. The number of benzene rings is 1. The summed E-state index contributed by atoms with van der Waals surface area (Å²) in [5, 5.41) is 4.42. The van der Waals surface area contributed by atoms with Gasteiger partial charge in [0.05, 0.1) is 0 Å². The maximum Gasteiger partial charge on any atom is 0.124 e. The molecule has 0 fully saturated rings. The summed E-state index contributed by atoms with van der Waals surface area (Å²) in [5.41, 5.74) is 1.16. The van der Waals surface area contributed by atoms with Crippen LogP contribution in [-0.2, 0) is 6.42 Å². The molecule has 1 unspecified atom stereocenters. The summed E-state index contributed by atoms with van der Waals surface area (Å²) in [6, 6.07) is 9.33. The van der Waals surface area contributed by atoms with E-state index < -0.39 is 0 Å². The van der Waals surface area contributed by atoms with Crippen LogP contribution in [0.25, 0.3) is 10.1 Å². The summed E-state index contributed by atoms with van der Waals surface area (Å²) in [4.78, 5) is 5.41. The second-order valence-electron chi connectivity index (χ2n) is 4.89. The number of hydrogen-bond acceptors (Lipinski definition) is 3. The number of nitrogens with zero attached hydrogens (tertiary/aromatic N) is 1. The molecule has 108 valence electrons. The lowest BCUT2D eigenvalue weighted by Crippen LogP contribution is -2.17. The molecule has 5 heteroatoms. The molecule has 2 nitrogen and oxygen atoms in total. The van der Waals surface area contributed by atoms with Crippen LogP contribution in [0.5, 0.6) is 0 Å². The molecule has 2 aromatic heterocycles. The molecule has 1 atom stereocenters. The van der Waals surface area contributed by atoms with Gasteiger partial charge in [-0.2, -0.15) is 0 Å². The van der Waals surface area contributed by atoms with E-state index in [2.05, 4.69) is 38.4 Å². The standard InChI is InChI=1S/C16H14BrFN2S/c1-19-14(5-10-4-12(17)9-20-8-10)16-6-11-2-3-13(18)7-15(11)21-16/h2-4,6-9,14,19H,5H2,1H3. The molecular formula is C16H14BrFN2S. The van der Waals surface area contributed by atoms with Gasteiger partial charge in [-0.3, -0.25) is 4.98 Å². The highest BCUT2D eigenvalue weighted by molar-refractivity contribution is 9.10. The van der Waals surface area contributed by atoms with Crippen molar-refractivity contribution < 1.29 is 4.39 Å². The fraction of sp³-hybridized carbons (Fsp3) is 0.188. The first-order valence-electron chi connectivity index (χ1n) is 6.61. The van der Waals surface area contributed by atoms with Gasteiger partial charge in [0.1, 0.15) is 5.82 Å². The van der Waals surface area contributed by atoms with Gasteiger partial charge in [-0.25, -0.2) is 4.39 Å². The molecule has 0 aliphatic carbocycles. The van der Waals surface area contributed by atoms with E-state index in [1.807, 2.05) is 19.3 Å². The molecule has 21 heavy (non-hydrogen) atoms. The van der Waals surface area contributed by atoms with Crippen molar-refractivity contribution in [3.63, 3.8) is 0 Å². The lowest BCUT2D eigenvalue weighted by molar-refractivity contribution is 0.601. The third-order valence-corrected chi connectivity index (χ3v) is 5.04. The predicted molar refractivity (Wildman–Crippen MR) is 89.2 cm³/mol. The highest BCUT2D eigenvalue weighted by Crippen LogP contribution is 2.32. The van der Waals surface area contributed by atoms with Gasteiger partial charge >= 0.3 is 0 Å². The monoisotopic (exact) mass is 364 g/mol. The topological polar surface area (TPSA) is 24.9 Å². The van der Waals surface area contributed by atoms with Gasteiger partial charge in [-0.05, 0) is 64.6 Å². The van der Waals surface area contributed by atoms with E-state index in [-0.39, 0.29) is 11.9 Å². The molecule has 0 amide bonds. The number of fused-ring (bicyclic) bond motifs is 1. The third-order valence-electron chi connectivity index (χ3n) is 3.39. The van der Waals surface area contributed by atoms with E-state index in [0.717, 1.165) is 26.5 Å². The Labute approximate surface area is 135 Å². The molecule has 0 bridgehead atoms. The molecule has 0 radical (unpaired) electrons. The van der Waals surface area contributed by atoms with E-state index in [1.165, 1.54) is 10.9 Å². The van der Waals surface area contributed by atoms with Crippen molar-refractivity contribution >= 4 is 37.4 Å². The van der Waals surface area contributed by atoms with Crippen LogP contribution in [0.2, 0.25) is 0 Å². The van der Waals surface area contributed by atoms with Gasteiger partial charge < -0.3 is 5.32 Å². The van der Waals surface area contributed by atoms with Crippen molar-refractivity contribution in [2.75, 3.05) is 7.05 Å². The van der Waals surface area contributed by atoms with Crippen LogP contribution in [0.3, 0.4) is 0 Å². The largest absolute Gasteiger partial charge is 0.312 e. The molecule has 3 aromatic rings. The number of likely N-dealkylation sites (N-methyl/N-ethyl adjacent to an activating group) is 1. The Morgan fingerprint density at radius 1 is 1.29 bits per heavy atom. The van der Waals surface area contributed by atoms with Gasteiger partial charge in [-0.1, -0.05) is 6.07 Å². The number of hydrogen-bond donors (Lipinski definition) is 1. The summed E-state index contributed by atoms with van der Waals surface area (Å²) >= 11 is 5.08. The highest BCUT2D eigenvalue weighted by atomic mass is 79.9. The number of halogens is 2. The lowest BCUT2D eigenvalue weighted by Gasteiger charge is -2.14. The molecule has 0 aliphatic rings. The first kappa shape index (κ1) is 14.6. The molecule has 0 saturated carbocycles. The van der Waals surface area contributed by atoms with Crippen LogP contribution in [-0.4, -0.2) is 12.0 Å². The summed E-state index contributed by atoms with van der Waals surface area (Å²) in [6.45, 7) is 0. The SMILES string of the molecule is CNC(Cc1cncc(Br)c1)c1cc2ccc(F)cc2s1. The number of aromatic nitrogens is 1. The Hall–Kier alpha value is -1.30. The zero-order chi connectivity index (χ0) is 14.8. The maximum atomic E-state index is 13.3. The quantitative estimate of drug-likeness (QED) is 0.725. The summed E-state index contributed by atoms with van der Waals surface area (Å²) < 4.78 is 15.3. The van der Waals surface area contributed by atoms with Crippen molar-refractivity contribution in [1.29, 1.82) is 0 Å². The summed E-state index contributed by atoms with van der Waals surface area (Å²) in [7, 11) is 1.95. The van der Waals surface area contributed by atoms with E-state index in [0.29, 0.717) is 0 Å². The molecular weight excluding hydrogens is 351 g/mol. The normalized spacial score (nSPS) is 12.7. The fourth-order valence-electron chi connectivity index (χ4n) is 2.35. The zero-order valence-electron chi connectivity index (χ0n) is 11.4. The maximum absolute atomic E-state index is 13.3. The predicted octanol–water partition coefficient (Wildman–Crippen LogP) is 4.70. The van der Waals surface area contributed by atoms with E-state index in [4.69, 9.17) is 0 Å². The van der Waals surface area contributed by atoms with Crippen LogP contribution in [0.15, 0.2) is 47.2 Å². The Morgan fingerprint density at radius 3 is 2.90 bits per heavy atom. The van der Waals surface area contributed by atoms with Crippen LogP contribution in [0, 0.1) is 5.82 Å². The fourth-order valence-corrected chi connectivity index (χ4v) is 3.96. The minimum absolute atomic E-state index is 0.187. The Balaban J connectivity index is 1.90. The molecule has 1 N–H and O–H groups in total. The van der Waals surface area contributed by atoms with Gasteiger partial charge in [0.15, 0.2) is 0 Å². The smallest absolute Gasteiger partial charge is 0.124 e. The van der Waals surface area contributed by atoms with Crippen LogP contribution in [0.4, 0.5) is 4.39 Å². The number of rotatable bonds is 4. The van der Waals surface area contributed by atoms with Crippen LogP contribution < -0.4 is 5.32 Å².